The van der Waals surface area contributed by atoms with Crippen LogP contribution in [-0.4, -0.2) is 28.3 Å². The molecule has 0 fully saturated rings. The lowest BCUT2D eigenvalue weighted by molar-refractivity contribution is 0.476. The predicted octanol–water partition coefficient (Wildman–Crippen LogP) is 5.91. The third-order valence-corrected chi connectivity index (χ3v) is 5.98. The highest BCUT2D eigenvalue weighted by molar-refractivity contribution is 6.34. The summed E-state index contributed by atoms with van der Waals surface area (Å²) < 4.78 is 2.36. The van der Waals surface area contributed by atoms with Gasteiger partial charge in [0.25, 0.3) is 0 Å². The fourth-order valence-electron chi connectivity index (χ4n) is 4.36. The summed E-state index contributed by atoms with van der Waals surface area (Å²) in [6, 6.07) is 15.9. The van der Waals surface area contributed by atoms with Crippen LogP contribution < -0.4 is 5.32 Å². The van der Waals surface area contributed by atoms with E-state index in [2.05, 4.69) is 27.0 Å². The zero-order valence-electron chi connectivity index (χ0n) is 16.2. The van der Waals surface area contributed by atoms with Crippen LogP contribution in [0.5, 0.6) is 5.75 Å². The molecule has 3 aromatic carbocycles. The summed E-state index contributed by atoms with van der Waals surface area (Å²) in [7, 11) is 1.97. The number of phenols is 1. The highest BCUT2D eigenvalue weighted by Gasteiger charge is 2.18. The van der Waals surface area contributed by atoms with Crippen LogP contribution in [0.3, 0.4) is 0 Å². The molecule has 0 radical (unpaired) electrons. The van der Waals surface area contributed by atoms with Crippen LogP contribution >= 0.6 is 11.6 Å². The van der Waals surface area contributed by atoms with Crippen molar-refractivity contribution in [2.24, 2.45) is 0 Å². The lowest BCUT2D eigenvalue weighted by Gasteiger charge is -2.11. The maximum absolute atomic E-state index is 10.2. The van der Waals surface area contributed by atoms with Gasteiger partial charge in [-0.1, -0.05) is 29.8 Å². The van der Waals surface area contributed by atoms with Crippen molar-refractivity contribution < 1.29 is 5.11 Å². The van der Waals surface area contributed by atoms with Crippen LogP contribution in [0.4, 0.5) is 0 Å². The Kier molecular flexibility index (Phi) is 4.46. The molecular weight excluding hydrogens is 382 g/mol. The van der Waals surface area contributed by atoms with Crippen molar-refractivity contribution in [1.82, 2.24) is 14.9 Å². The first-order valence-electron chi connectivity index (χ1n) is 9.83. The van der Waals surface area contributed by atoms with Crippen molar-refractivity contribution in [2.45, 2.75) is 13.0 Å². The largest absolute Gasteiger partial charge is 0.508 e. The van der Waals surface area contributed by atoms with Gasteiger partial charge in [-0.25, -0.2) is 0 Å². The Hall–Kier alpha value is -2.95. The van der Waals surface area contributed by atoms with Gasteiger partial charge in [-0.15, -0.1) is 0 Å². The van der Waals surface area contributed by atoms with Gasteiger partial charge in [0.15, 0.2) is 0 Å². The van der Waals surface area contributed by atoms with Gasteiger partial charge in [-0.05, 0) is 55.9 Å². The van der Waals surface area contributed by atoms with E-state index < -0.39 is 0 Å². The second kappa shape index (κ2) is 7.14. The molecule has 5 rings (SSSR count). The molecule has 2 aromatic heterocycles. The van der Waals surface area contributed by atoms with Gasteiger partial charge >= 0.3 is 0 Å². The molecule has 0 saturated heterocycles. The van der Waals surface area contributed by atoms with E-state index in [-0.39, 0.29) is 5.75 Å². The number of aromatic hydroxyl groups is 1. The van der Waals surface area contributed by atoms with E-state index in [1.54, 1.807) is 6.07 Å². The number of aromatic nitrogens is 2. The molecule has 4 nitrogen and oxygen atoms in total. The Morgan fingerprint density at radius 2 is 1.79 bits per heavy atom. The summed E-state index contributed by atoms with van der Waals surface area (Å²) in [4.78, 5) is 3.28. The molecule has 0 aliphatic heterocycles. The Morgan fingerprint density at radius 1 is 0.966 bits per heavy atom. The molecule has 0 atom stereocenters. The number of rotatable bonds is 5. The fourth-order valence-corrected chi connectivity index (χ4v) is 4.60. The van der Waals surface area contributed by atoms with Crippen molar-refractivity contribution in [1.29, 1.82) is 0 Å². The average Bonchev–Trinajstić information content (AvgIpc) is 3.31. The van der Waals surface area contributed by atoms with E-state index >= 15 is 0 Å². The van der Waals surface area contributed by atoms with Crippen LogP contribution in [0.2, 0.25) is 5.02 Å². The number of phenolic OH excluding ortho intramolecular Hbond substituents is 1. The summed E-state index contributed by atoms with van der Waals surface area (Å²) >= 11 is 6.56. The van der Waals surface area contributed by atoms with Gasteiger partial charge in [0.2, 0.25) is 0 Å². The Morgan fingerprint density at radius 3 is 2.62 bits per heavy atom. The number of aryl methyl sites for hydroxylation is 1. The number of nitrogens with zero attached hydrogens (tertiary/aromatic N) is 1. The zero-order valence-corrected chi connectivity index (χ0v) is 16.9. The molecule has 5 aromatic rings. The fraction of sp³-hybridized carbons (Fsp3) is 0.167. The number of hydrogen-bond donors (Lipinski definition) is 3. The molecule has 0 bridgehead atoms. The first kappa shape index (κ1) is 18.1. The summed E-state index contributed by atoms with van der Waals surface area (Å²) in [6.07, 6.45) is 5.09. The van der Waals surface area contributed by atoms with Crippen LogP contribution in [0.1, 0.15) is 6.42 Å². The average molecular weight is 404 g/mol. The van der Waals surface area contributed by atoms with Crippen molar-refractivity contribution in [3.05, 3.63) is 65.9 Å². The second-order valence-electron chi connectivity index (χ2n) is 7.39. The van der Waals surface area contributed by atoms with Crippen LogP contribution in [0.25, 0.3) is 43.7 Å². The lowest BCUT2D eigenvalue weighted by Crippen LogP contribution is -2.10. The standard InChI is InChI=1S/C24H22ClN3O/c1-26-9-4-10-28-22-8-7-15(29)11-18(22)24-20-14-27-13-19(20)17(12-23(24)28)16-5-2-3-6-21(16)25/h2-3,5-8,11-14,26-27,29H,4,9-10H2,1H3. The van der Waals surface area contributed by atoms with E-state index in [0.717, 1.165) is 68.2 Å². The van der Waals surface area contributed by atoms with Crippen molar-refractivity contribution in [3.8, 4) is 16.9 Å². The predicted molar refractivity (Wildman–Crippen MR) is 122 cm³/mol. The van der Waals surface area contributed by atoms with E-state index in [1.807, 2.05) is 49.8 Å². The minimum atomic E-state index is 0.283. The lowest BCUT2D eigenvalue weighted by atomic mass is 9.97. The topological polar surface area (TPSA) is 53.0 Å². The number of fused-ring (bicyclic) bond motifs is 5. The summed E-state index contributed by atoms with van der Waals surface area (Å²) in [5, 5.41) is 18.6. The van der Waals surface area contributed by atoms with Gasteiger partial charge in [0, 0.05) is 56.6 Å². The molecule has 0 unspecified atom stereocenters. The minimum Gasteiger partial charge on any atom is -0.508 e. The smallest absolute Gasteiger partial charge is 0.116 e. The quantitative estimate of drug-likeness (QED) is 0.319. The summed E-state index contributed by atoms with van der Waals surface area (Å²) in [6.45, 7) is 1.84. The molecular formula is C24H22ClN3O. The number of nitrogens with one attached hydrogen (secondary N) is 2. The van der Waals surface area contributed by atoms with Gasteiger partial charge in [-0.2, -0.15) is 0 Å². The number of hydrogen-bond acceptors (Lipinski definition) is 2. The molecule has 2 heterocycles. The molecule has 0 aliphatic rings. The van der Waals surface area contributed by atoms with Gasteiger partial charge in [0.05, 0.1) is 5.52 Å². The summed E-state index contributed by atoms with van der Waals surface area (Å²) in [5.74, 6) is 0.283. The number of halogens is 1. The molecule has 3 N–H and O–H groups in total. The number of benzene rings is 3. The molecule has 5 heteroatoms. The Labute approximate surface area is 173 Å². The van der Waals surface area contributed by atoms with E-state index in [9.17, 15) is 5.11 Å². The molecule has 0 aliphatic carbocycles. The van der Waals surface area contributed by atoms with Crippen LogP contribution in [0.15, 0.2) is 60.9 Å². The number of aromatic amines is 1. The van der Waals surface area contributed by atoms with Crippen molar-refractivity contribution >= 4 is 44.2 Å². The van der Waals surface area contributed by atoms with Gasteiger partial charge in [-0.3, -0.25) is 0 Å². The van der Waals surface area contributed by atoms with Gasteiger partial charge < -0.3 is 20.0 Å². The third kappa shape index (κ3) is 2.87. The maximum Gasteiger partial charge on any atom is 0.116 e. The zero-order chi connectivity index (χ0) is 20.0. The molecule has 0 saturated carbocycles. The monoisotopic (exact) mass is 403 g/mol. The highest BCUT2D eigenvalue weighted by atomic mass is 35.5. The molecule has 0 spiro atoms. The Balaban J connectivity index is 1.90. The third-order valence-electron chi connectivity index (χ3n) is 5.65. The van der Waals surface area contributed by atoms with Crippen molar-refractivity contribution in [2.75, 3.05) is 13.6 Å². The van der Waals surface area contributed by atoms with Crippen LogP contribution in [0, 0.1) is 0 Å². The van der Waals surface area contributed by atoms with Crippen molar-refractivity contribution in [3.63, 3.8) is 0 Å². The van der Waals surface area contributed by atoms with E-state index in [1.165, 1.54) is 0 Å². The molecule has 0 amide bonds. The minimum absolute atomic E-state index is 0.283. The Bertz CT molecular complexity index is 1350. The first-order valence-corrected chi connectivity index (χ1v) is 10.2. The maximum atomic E-state index is 10.2. The second-order valence-corrected chi connectivity index (χ2v) is 7.80. The van der Waals surface area contributed by atoms with Gasteiger partial charge in [0.1, 0.15) is 5.75 Å². The molecule has 29 heavy (non-hydrogen) atoms. The number of H-pyrrole nitrogens is 1. The highest BCUT2D eigenvalue weighted by Crippen LogP contribution is 2.42. The molecule has 146 valence electrons. The summed E-state index contributed by atoms with van der Waals surface area (Å²) in [5.41, 5.74) is 4.42. The SMILES string of the molecule is CNCCCn1c2ccc(O)cc2c2c3c[nH]cc3c(-c3ccccc3Cl)cc21. The first-order chi connectivity index (χ1) is 14.2. The van der Waals surface area contributed by atoms with E-state index in [0.29, 0.717) is 0 Å². The van der Waals surface area contributed by atoms with E-state index in [4.69, 9.17) is 11.6 Å². The normalized spacial score (nSPS) is 11.8. The van der Waals surface area contributed by atoms with Crippen LogP contribution in [-0.2, 0) is 6.54 Å².